The number of H-pyrrole nitrogens is 2. The minimum absolute atomic E-state index is 0.162. The Kier molecular flexibility index (Phi) is 4.49. The van der Waals surface area contributed by atoms with Gasteiger partial charge in [-0.1, -0.05) is 42.0 Å². The van der Waals surface area contributed by atoms with E-state index in [1.807, 2.05) is 61.5 Å². The Labute approximate surface area is 178 Å². The lowest BCUT2D eigenvalue weighted by molar-refractivity contribution is 0.633. The van der Waals surface area contributed by atoms with Crippen LogP contribution in [0.4, 0.5) is 0 Å². The molecule has 5 aromatic rings. The van der Waals surface area contributed by atoms with Crippen LogP contribution in [0.15, 0.2) is 90.4 Å². The summed E-state index contributed by atoms with van der Waals surface area (Å²) in [6.45, 7) is 2.05. The predicted octanol–water partition coefficient (Wildman–Crippen LogP) is 3.87. The van der Waals surface area contributed by atoms with E-state index in [1.54, 1.807) is 31.0 Å². The number of hydrogen-bond acceptors (Lipinski definition) is 4. The van der Waals surface area contributed by atoms with Gasteiger partial charge in [-0.15, -0.1) is 0 Å². The van der Waals surface area contributed by atoms with Crippen LogP contribution < -0.4 is 11.3 Å². The average Bonchev–Trinajstić information content (AvgIpc) is 3.34. The fraction of sp³-hybridized carbons (Fsp3) is 0.0800. The van der Waals surface area contributed by atoms with Gasteiger partial charge in [0.2, 0.25) is 5.56 Å². The summed E-state index contributed by atoms with van der Waals surface area (Å²) in [7, 11) is 0. The third kappa shape index (κ3) is 3.23. The topological polar surface area (TPSA) is 100 Å². The van der Waals surface area contributed by atoms with Crippen molar-refractivity contribution in [3.8, 4) is 11.1 Å². The molecule has 6 heteroatoms. The molecule has 4 N–H and O–H groups in total. The highest BCUT2D eigenvalue weighted by atomic mass is 16.1. The van der Waals surface area contributed by atoms with Crippen molar-refractivity contribution in [3.63, 3.8) is 0 Å². The molecule has 0 aliphatic rings. The molecule has 5 rings (SSSR count). The molecule has 1 atom stereocenters. The van der Waals surface area contributed by atoms with E-state index < -0.39 is 5.54 Å². The number of nitrogens with one attached hydrogen (secondary N) is 2. The Morgan fingerprint density at radius 1 is 0.935 bits per heavy atom. The average molecular weight is 407 g/mol. The fourth-order valence-corrected chi connectivity index (χ4v) is 4.03. The molecule has 0 fully saturated rings. The van der Waals surface area contributed by atoms with Crippen molar-refractivity contribution in [3.05, 3.63) is 118 Å². The summed E-state index contributed by atoms with van der Waals surface area (Å²) in [5.41, 5.74) is 12.2. The summed E-state index contributed by atoms with van der Waals surface area (Å²) in [4.78, 5) is 26.8. The van der Waals surface area contributed by atoms with E-state index in [-0.39, 0.29) is 5.56 Å². The minimum Gasteiger partial charge on any atom is -0.346 e. The van der Waals surface area contributed by atoms with Crippen molar-refractivity contribution >= 4 is 10.9 Å². The summed E-state index contributed by atoms with van der Waals surface area (Å²) in [5.74, 6) is 0. The maximum Gasteiger partial charge on any atom is 0.249 e. The Morgan fingerprint density at radius 2 is 1.74 bits per heavy atom. The van der Waals surface area contributed by atoms with Crippen LogP contribution in [0.3, 0.4) is 0 Å². The summed E-state index contributed by atoms with van der Waals surface area (Å²) in [5, 5.41) is 0.895. The second-order valence-corrected chi connectivity index (χ2v) is 7.69. The minimum atomic E-state index is -0.944. The Morgan fingerprint density at radius 3 is 2.45 bits per heavy atom. The Hall–Kier alpha value is -4.03. The first-order valence-electron chi connectivity index (χ1n) is 9.98. The van der Waals surface area contributed by atoms with Gasteiger partial charge in [0.05, 0.1) is 18.2 Å². The number of nitrogens with two attached hydrogens (primary N) is 1. The SMILES string of the molecule is Cc1ccc(C(N)(c2ccc3[nH]c(=O)cc(-c4cccnc4)c3c2)c2cnc[nH]2)cc1. The number of rotatable bonds is 4. The molecule has 2 aromatic carbocycles. The standard InChI is InChI=1S/C25H21N5O/c1-16-4-6-18(7-5-16)25(26,23-14-28-15-29-23)19-8-9-22-21(11-19)20(12-24(31)30-22)17-3-2-10-27-13-17/h2-15H,26H2,1H3,(H,28,29)(H,30,31). The van der Waals surface area contributed by atoms with Crippen molar-refractivity contribution in [2.45, 2.75) is 12.5 Å². The molecule has 6 nitrogen and oxygen atoms in total. The van der Waals surface area contributed by atoms with Gasteiger partial charge in [-0.2, -0.15) is 0 Å². The van der Waals surface area contributed by atoms with Crippen molar-refractivity contribution in [2.75, 3.05) is 0 Å². The zero-order chi connectivity index (χ0) is 21.4. The molecule has 1 unspecified atom stereocenters. The highest BCUT2D eigenvalue weighted by Gasteiger charge is 2.33. The van der Waals surface area contributed by atoms with E-state index in [0.717, 1.165) is 44.4 Å². The number of nitrogens with zero attached hydrogens (tertiary/aromatic N) is 2. The van der Waals surface area contributed by atoms with Crippen molar-refractivity contribution in [2.24, 2.45) is 5.73 Å². The van der Waals surface area contributed by atoms with Gasteiger partial charge in [-0.3, -0.25) is 9.78 Å². The molecule has 0 aliphatic carbocycles. The molecule has 3 aromatic heterocycles. The van der Waals surface area contributed by atoms with Crippen LogP contribution in [0.1, 0.15) is 22.4 Å². The Balaban J connectivity index is 1.79. The molecule has 31 heavy (non-hydrogen) atoms. The van der Waals surface area contributed by atoms with Gasteiger partial charge in [0.25, 0.3) is 0 Å². The largest absolute Gasteiger partial charge is 0.346 e. The van der Waals surface area contributed by atoms with Gasteiger partial charge in [-0.25, -0.2) is 4.98 Å². The van der Waals surface area contributed by atoms with E-state index in [1.165, 1.54) is 0 Å². The predicted molar refractivity (Wildman–Crippen MR) is 122 cm³/mol. The normalized spacial score (nSPS) is 13.2. The number of hydrogen-bond donors (Lipinski definition) is 3. The van der Waals surface area contributed by atoms with E-state index in [4.69, 9.17) is 5.73 Å². The zero-order valence-corrected chi connectivity index (χ0v) is 17.0. The van der Waals surface area contributed by atoms with E-state index in [0.29, 0.717) is 0 Å². The number of fused-ring (bicyclic) bond motifs is 1. The second-order valence-electron chi connectivity index (χ2n) is 7.69. The van der Waals surface area contributed by atoms with Crippen LogP contribution in [-0.2, 0) is 5.54 Å². The number of pyridine rings is 2. The van der Waals surface area contributed by atoms with Crippen molar-refractivity contribution in [1.82, 2.24) is 19.9 Å². The maximum absolute atomic E-state index is 12.3. The fourth-order valence-electron chi connectivity index (χ4n) is 4.03. The van der Waals surface area contributed by atoms with E-state index >= 15 is 0 Å². The molecule has 0 spiro atoms. The van der Waals surface area contributed by atoms with Crippen LogP contribution >= 0.6 is 0 Å². The number of aromatic amines is 2. The second kappa shape index (κ2) is 7.34. The van der Waals surface area contributed by atoms with Gasteiger partial charge >= 0.3 is 0 Å². The van der Waals surface area contributed by atoms with Crippen LogP contribution in [0, 0.1) is 6.92 Å². The first-order valence-corrected chi connectivity index (χ1v) is 9.98. The first-order chi connectivity index (χ1) is 15.1. The number of aryl methyl sites for hydroxylation is 1. The van der Waals surface area contributed by atoms with E-state index in [9.17, 15) is 4.79 Å². The third-order valence-electron chi connectivity index (χ3n) is 5.70. The molecule has 3 heterocycles. The van der Waals surface area contributed by atoms with Gasteiger partial charge in [0, 0.05) is 34.9 Å². The Bertz CT molecular complexity index is 1410. The summed E-state index contributed by atoms with van der Waals surface area (Å²) in [6.07, 6.45) is 6.85. The molecule has 0 bridgehead atoms. The highest BCUT2D eigenvalue weighted by molar-refractivity contribution is 5.94. The lowest BCUT2D eigenvalue weighted by Gasteiger charge is -2.30. The molecule has 0 saturated heterocycles. The zero-order valence-electron chi connectivity index (χ0n) is 17.0. The molecule has 0 radical (unpaired) electrons. The lowest BCUT2D eigenvalue weighted by Crippen LogP contribution is -2.39. The highest BCUT2D eigenvalue weighted by Crippen LogP contribution is 2.36. The summed E-state index contributed by atoms with van der Waals surface area (Å²) >= 11 is 0. The molecule has 152 valence electrons. The monoisotopic (exact) mass is 407 g/mol. The van der Waals surface area contributed by atoms with E-state index in [2.05, 4.69) is 19.9 Å². The third-order valence-corrected chi connectivity index (χ3v) is 5.70. The maximum atomic E-state index is 12.3. The molecular weight excluding hydrogens is 386 g/mol. The number of benzene rings is 2. The van der Waals surface area contributed by atoms with Gasteiger partial charge in [0.1, 0.15) is 5.54 Å². The smallest absolute Gasteiger partial charge is 0.249 e. The van der Waals surface area contributed by atoms with Crippen LogP contribution in [0.5, 0.6) is 0 Å². The molecular formula is C25H21N5O. The van der Waals surface area contributed by atoms with Gasteiger partial charge in [0.15, 0.2) is 0 Å². The van der Waals surface area contributed by atoms with Crippen LogP contribution in [-0.4, -0.2) is 19.9 Å². The molecule has 0 amide bonds. The summed E-state index contributed by atoms with van der Waals surface area (Å²) in [6, 6.07) is 19.5. The number of aromatic nitrogens is 4. The number of imidazole rings is 1. The molecule has 0 saturated carbocycles. The van der Waals surface area contributed by atoms with Gasteiger partial charge < -0.3 is 15.7 Å². The molecule has 0 aliphatic heterocycles. The summed E-state index contributed by atoms with van der Waals surface area (Å²) < 4.78 is 0. The van der Waals surface area contributed by atoms with Crippen molar-refractivity contribution < 1.29 is 0 Å². The van der Waals surface area contributed by atoms with Crippen LogP contribution in [0.2, 0.25) is 0 Å². The lowest BCUT2D eigenvalue weighted by atomic mass is 9.80. The van der Waals surface area contributed by atoms with Gasteiger partial charge in [-0.05, 0) is 41.8 Å². The first kappa shape index (κ1) is 19.0. The quantitative estimate of drug-likeness (QED) is 0.421. The van der Waals surface area contributed by atoms with Crippen molar-refractivity contribution in [1.29, 1.82) is 0 Å². The van der Waals surface area contributed by atoms with Crippen LogP contribution in [0.25, 0.3) is 22.0 Å².